The Morgan fingerprint density at radius 2 is 1.96 bits per heavy atom. The molecule has 1 aromatic carbocycles. The fourth-order valence-electron chi connectivity index (χ4n) is 3.50. The van der Waals surface area contributed by atoms with Gasteiger partial charge >= 0.3 is 0 Å². The van der Waals surface area contributed by atoms with Crippen LogP contribution in [-0.4, -0.2) is 24.4 Å². The molecule has 1 amide bonds. The van der Waals surface area contributed by atoms with Gasteiger partial charge in [-0.2, -0.15) is 5.26 Å². The van der Waals surface area contributed by atoms with Gasteiger partial charge in [0.15, 0.2) is 0 Å². The largest absolute Gasteiger partial charge is 0.315 e. The van der Waals surface area contributed by atoms with Crippen LogP contribution in [0.5, 0.6) is 0 Å². The maximum absolute atomic E-state index is 12.4. The van der Waals surface area contributed by atoms with E-state index >= 15 is 0 Å². The van der Waals surface area contributed by atoms with Gasteiger partial charge in [0, 0.05) is 11.4 Å². The maximum Gasteiger partial charge on any atom is 0.239 e. The summed E-state index contributed by atoms with van der Waals surface area (Å²) in [6.45, 7) is 7.62. The number of thiophene rings is 1. The van der Waals surface area contributed by atoms with Crippen molar-refractivity contribution >= 4 is 22.2 Å². The molecule has 1 aromatic heterocycles. The number of carbonyl (C=O) groups is 1. The van der Waals surface area contributed by atoms with E-state index in [1.54, 1.807) is 11.3 Å². The van der Waals surface area contributed by atoms with E-state index in [0.717, 1.165) is 29.8 Å². The number of nitrogens with one attached hydrogen (secondary N) is 1. The van der Waals surface area contributed by atoms with E-state index in [-0.39, 0.29) is 11.3 Å². The van der Waals surface area contributed by atoms with Crippen LogP contribution in [0, 0.1) is 11.3 Å². The van der Waals surface area contributed by atoms with Crippen molar-refractivity contribution in [2.45, 2.75) is 52.0 Å². The predicted molar refractivity (Wildman–Crippen MR) is 111 cm³/mol. The van der Waals surface area contributed by atoms with Crippen LogP contribution >= 0.6 is 11.3 Å². The van der Waals surface area contributed by atoms with Gasteiger partial charge < -0.3 is 5.32 Å². The summed E-state index contributed by atoms with van der Waals surface area (Å²) in [5.74, 6) is -0.0692. The number of anilines is 1. The molecule has 0 aliphatic heterocycles. The van der Waals surface area contributed by atoms with E-state index in [0.29, 0.717) is 18.7 Å². The van der Waals surface area contributed by atoms with Crippen LogP contribution in [0.3, 0.4) is 0 Å². The number of aryl methyl sites for hydroxylation is 1. The van der Waals surface area contributed by atoms with Crippen molar-refractivity contribution < 1.29 is 4.79 Å². The third-order valence-corrected chi connectivity index (χ3v) is 6.18. The van der Waals surface area contributed by atoms with Crippen LogP contribution in [0.2, 0.25) is 0 Å². The van der Waals surface area contributed by atoms with Crippen molar-refractivity contribution in [1.29, 1.82) is 5.26 Å². The Hall–Kier alpha value is -2.16. The Kier molecular flexibility index (Phi) is 5.69. The molecule has 5 heteroatoms. The topological polar surface area (TPSA) is 56.1 Å². The average Bonchev–Trinajstić information content (AvgIpc) is 3.14. The Balaban J connectivity index is 1.58. The summed E-state index contributed by atoms with van der Waals surface area (Å²) < 4.78 is 0. The molecule has 27 heavy (non-hydrogen) atoms. The zero-order valence-electron chi connectivity index (χ0n) is 16.6. The smallest absolute Gasteiger partial charge is 0.239 e. The summed E-state index contributed by atoms with van der Waals surface area (Å²) in [7, 11) is 1.94. The van der Waals surface area contributed by atoms with Crippen molar-refractivity contribution in [2.75, 3.05) is 18.9 Å². The van der Waals surface area contributed by atoms with Gasteiger partial charge in [0.25, 0.3) is 0 Å². The number of fused-ring (bicyclic) bond motifs is 1. The van der Waals surface area contributed by atoms with Crippen LogP contribution in [0.25, 0.3) is 0 Å². The van der Waals surface area contributed by atoms with Crippen molar-refractivity contribution in [3.05, 3.63) is 51.4 Å². The zero-order chi connectivity index (χ0) is 19.6. The quantitative estimate of drug-likeness (QED) is 0.831. The van der Waals surface area contributed by atoms with Crippen LogP contribution in [-0.2, 0) is 29.6 Å². The molecule has 0 atom stereocenters. The molecule has 0 saturated carbocycles. The van der Waals surface area contributed by atoms with E-state index in [1.807, 2.05) is 11.9 Å². The summed E-state index contributed by atoms with van der Waals surface area (Å²) in [6, 6.07) is 10.9. The normalized spacial score (nSPS) is 13.5. The Labute approximate surface area is 165 Å². The number of benzene rings is 1. The molecule has 4 nitrogen and oxygen atoms in total. The highest BCUT2D eigenvalue weighted by Crippen LogP contribution is 2.38. The van der Waals surface area contributed by atoms with Gasteiger partial charge in [-0.25, -0.2) is 0 Å². The van der Waals surface area contributed by atoms with E-state index in [2.05, 4.69) is 56.4 Å². The molecular weight excluding hydrogens is 354 g/mol. The highest BCUT2D eigenvalue weighted by atomic mass is 32.1. The number of nitrogens with zero attached hydrogens (tertiary/aromatic N) is 2. The number of rotatable bonds is 5. The molecule has 1 aliphatic carbocycles. The second kappa shape index (κ2) is 7.84. The first-order chi connectivity index (χ1) is 12.8. The van der Waals surface area contributed by atoms with E-state index in [1.165, 1.54) is 16.0 Å². The number of carbonyl (C=O) groups excluding carboxylic acids is 1. The van der Waals surface area contributed by atoms with Crippen molar-refractivity contribution in [3.63, 3.8) is 0 Å². The van der Waals surface area contributed by atoms with Gasteiger partial charge in [-0.3, -0.25) is 9.69 Å². The number of nitriles is 1. The molecule has 0 bridgehead atoms. The van der Waals surface area contributed by atoms with Gasteiger partial charge in [-0.05, 0) is 48.4 Å². The van der Waals surface area contributed by atoms with Gasteiger partial charge in [0.1, 0.15) is 11.1 Å². The molecule has 2 aromatic rings. The second-order valence-electron chi connectivity index (χ2n) is 8.34. The van der Waals surface area contributed by atoms with Crippen molar-refractivity contribution in [2.24, 2.45) is 0 Å². The molecular formula is C22H27N3OS. The third-order valence-electron chi connectivity index (χ3n) is 4.97. The van der Waals surface area contributed by atoms with Crippen LogP contribution in [0.15, 0.2) is 24.3 Å². The maximum atomic E-state index is 12.4. The van der Waals surface area contributed by atoms with Crippen molar-refractivity contribution in [1.82, 2.24) is 4.90 Å². The van der Waals surface area contributed by atoms with E-state index in [9.17, 15) is 10.1 Å². The molecule has 0 fully saturated rings. The number of amides is 1. The lowest BCUT2D eigenvalue weighted by molar-refractivity contribution is -0.117. The SMILES string of the molecule is CN(CC(=O)Nc1sc2c(c1C#N)CCC2)Cc1ccc(C(C)(C)C)cc1. The first-order valence-electron chi connectivity index (χ1n) is 9.40. The predicted octanol–water partition coefficient (Wildman–Crippen LogP) is 4.48. The van der Waals surface area contributed by atoms with Crippen LogP contribution in [0.1, 0.15) is 54.3 Å². The highest BCUT2D eigenvalue weighted by molar-refractivity contribution is 7.16. The van der Waals surface area contributed by atoms with Gasteiger partial charge in [0.2, 0.25) is 5.91 Å². The van der Waals surface area contributed by atoms with Crippen molar-refractivity contribution in [3.8, 4) is 6.07 Å². The summed E-state index contributed by atoms with van der Waals surface area (Å²) in [4.78, 5) is 15.7. The van der Waals surface area contributed by atoms with Crippen LogP contribution in [0.4, 0.5) is 5.00 Å². The summed E-state index contributed by atoms with van der Waals surface area (Å²) in [5.41, 5.74) is 4.45. The molecule has 0 radical (unpaired) electrons. The fraction of sp³-hybridized carbons (Fsp3) is 0.455. The monoisotopic (exact) mass is 381 g/mol. The molecule has 1 aliphatic rings. The summed E-state index contributed by atoms with van der Waals surface area (Å²) in [6.07, 6.45) is 3.09. The average molecular weight is 382 g/mol. The summed E-state index contributed by atoms with van der Waals surface area (Å²) in [5, 5.41) is 13.1. The third kappa shape index (κ3) is 4.58. The van der Waals surface area contributed by atoms with Gasteiger partial charge in [-0.1, -0.05) is 45.0 Å². The van der Waals surface area contributed by atoms with Gasteiger partial charge in [0.05, 0.1) is 12.1 Å². The molecule has 142 valence electrons. The number of hydrogen-bond acceptors (Lipinski definition) is 4. The molecule has 0 spiro atoms. The van der Waals surface area contributed by atoms with E-state index in [4.69, 9.17) is 0 Å². The molecule has 3 rings (SSSR count). The lowest BCUT2D eigenvalue weighted by atomic mass is 9.87. The fourth-order valence-corrected chi connectivity index (χ4v) is 4.76. The molecule has 1 heterocycles. The van der Waals surface area contributed by atoms with Gasteiger partial charge in [-0.15, -0.1) is 11.3 Å². The Bertz CT molecular complexity index is 869. The second-order valence-corrected chi connectivity index (χ2v) is 9.45. The first-order valence-corrected chi connectivity index (χ1v) is 10.2. The minimum Gasteiger partial charge on any atom is -0.315 e. The number of hydrogen-bond donors (Lipinski definition) is 1. The minimum absolute atomic E-state index is 0.0692. The molecule has 1 N–H and O–H groups in total. The summed E-state index contributed by atoms with van der Waals surface area (Å²) >= 11 is 1.56. The lowest BCUT2D eigenvalue weighted by Crippen LogP contribution is -2.29. The zero-order valence-corrected chi connectivity index (χ0v) is 17.4. The molecule has 0 saturated heterocycles. The Morgan fingerprint density at radius 1 is 1.26 bits per heavy atom. The first kappa shape index (κ1) is 19.6. The lowest BCUT2D eigenvalue weighted by Gasteiger charge is -2.20. The molecule has 0 unspecified atom stereocenters. The minimum atomic E-state index is -0.0692. The number of likely N-dealkylation sites (N-methyl/N-ethyl adjacent to an activating group) is 1. The standard InChI is InChI=1S/C22H27N3OS/c1-22(2,3)16-10-8-15(9-11-16)13-25(4)14-20(26)24-21-18(12-23)17-6-5-7-19(17)27-21/h8-11H,5-7,13-14H2,1-4H3,(H,24,26). The van der Waals surface area contributed by atoms with Crippen LogP contribution < -0.4 is 5.32 Å². The van der Waals surface area contributed by atoms with E-state index < -0.39 is 0 Å². The highest BCUT2D eigenvalue weighted by Gasteiger charge is 2.23. The Morgan fingerprint density at radius 3 is 2.59 bits per heavy atom.